The first-order valence-corrected chi connectivity index (χ1v) is 3.39. The lowest BCUT2D eigenvalue weighted by Crippen LogP contribution is -2.22. The van der Waals surface area contributed by atoms with Gasteiger partial charge in [0.05, 0.1) is 0 Å². The summed E-state index contributed by atoms with van der Waals surface area (Å²) in [5, 5.41) is 10.7. The van der Waals surface area contributed by atoms with Crippen LogP contribution in [0, 0.1) is 11.3 Å². The van der Waals surface area contributed by atoms with E-state index in [1.54, 1.807) is 6.07 Å². The maximum absolute atomic E-state index is 10.7. The molecule has 0 aliphatic heterocycles. The monoisotopic (exact) mass is 178 g/mol. The number of hydrogen-bond acceptors (Lipinski definition) is 5. The van der Waals surface area contributed by atoms with Crippen LogP contribution in [0.3, 0.4) is 0 Å². The van der Waals surface area contributed by atoms with E-state index in [4.69, 9.17) is 5.26 Å². The fourth-order valence-corrected chi connectivity index (χ4v) is 0.599. The number of nitrogens with zero attached hydrogens (tertiary/aromatic N) is 3. The first kappa shape index (κ1) is 8.93. The van der Waals surface area contributed by atoms with Gasteiger partial charge in [0.25, 0.3) is 0 Å². The minimum atomic E-state index is -0.636. The lowest BCUT2D eigenvalue weighted by Gasteiger charge is -2.00. The SMILES string of the molecule is CNC(=O)Oc1ccnc(C#N)n1. The average molecular weight is 178 g/mol. The van der Waals surface area contributed by atoms with Crippen LogP contribution in [0.5, 0.6) is 5.88 Å². The van der Waals surface area contributed by atoms with E-state index in [1.165, 1.54) is 19.3 Å². The van der Waals surface area contributed by atoms with Gasteiger partial charge in [-0.3, -0.25) is 0 Å². The highest BCUT2D eigenvalue weighted by Crippen LogP contribution is 2.03. The number of rotatable bonds is 1. The highest BCUT2D eigenvalue weighted by molar-refractivity contribution is 5.69. The number of ether oxygens (including phenoxy) is 1. The standard InChI is InChI=1S/C7H6N4O2/c1-9-7(12)13-6-2-3-10-5(4-8)11-6/h2-3H,1H3,(H,9,12). The van der Waals surface area contributed by atoms with E-state index >= 15 is 0 Å². The number of amides is 1. The van der Waals surface area contributed by atoms with Crippen molar-refractivity contribution in [2.24, 2.45) is 0 Å². The van der Waals surface area contributed by atoms with Gasteiger partial charge in [0.15, 0.2) is 0 Å². The van der Waals surface area contributed by atoms with E-state index in [1.807, 2.05) is 0 Å². The van der Waals surface area contributed by atoms with Crippen molar-refractivity contribution in [3.8, 4) is 11.9 Å². The van der Waals surface area contributed by atoms with Crippen molar-refractivity contribution >= 4 is 6.09 Å². The van der Waals surface area contributed by atoms with Crippen LogP contribution in [0.15, 0.2) is 12.3 Å². The highest BCUT2D eigenvalue weighted by atomic mass is 16.6. The lowest BCUT2D eigenvalue weighted by atomic mass is 10.6. The first-order valence-electron chi connectivity index (χ1n) is 3.39. The number of nitriles is 1. The van der Waals surface area contributed by atoms with Gasteiger partial charge >= 0.3 is 6.09 Å². The summed E-state index contributed by atoms with van der Waals surface area (Å²) in [6.45, 7) is 0. The van der Waals surface area contributed by atoms with Crippen LogP contribution in [0.2, 0.25) is 0 Å². The topological polar surface area (TPSA) is 87.9 Å². The van der Waals surface area contributed by atoms with Gasteiger partial charge in [-0.2, -0.15) is 10.2 Å². The summed E-state index contributed by atoms with van der Waals surface area (Å²) >= 11 is 0. The molecule has 0 aliphatic rings. The Bertz CT molecular complexity index is 358. The highest BCUT2D eigenvalue weighted by Gasteiger charge is 2.03. The quantitative estimate of drug-likeness (QED) is 0.657. The molecule has 1 heterocycles. The van der Waals surface area contributed by atoms with Gasteiger partial charge in [-0.1, -0.05) is 0 Å². The second kappa shape index (κ2) is 4.01. The Morgan fingerprint density at radius 1 is 1.77 bits per heavy atom. The van der Waals surface area contributed by atoms with Crippen molar-refractivity contribution in [2.75, 3.05) is 7.05 Å². The van der Waals surface area contributed by atoms with Gasteiger partial charge in [-0.05, 0) is 0 Å². The molecule has 0 saturated carbocycles. The molecule has 6 nitrogen and oxygen atoms in total. The van der Waals surface area contributed by atoms with Crippen LogP contribution in [-0.2, 0) is 0 Å². The van der Waals surface area contributed by atoms with E-state index < -0.39 is 6.09 Å². The van der Waals surface area contributed by atoms with Crippen LogP contribution in [0.4, 0.5) is 4.79 Å². The molecule has 0 aliphatic carbocycles. The molecule has 0 saturated heterocycles. The molecule has 6 heteroatoms. The van der Waals surface area contributed by atoms with Gasteiger partial charge < -0.3 is 10.1 Å². The Labute approximate surface area is 74.2 Å². The zero-order valence-corrected chi connectivity index (χ0v) is 6.81. The molecule has 0 fully saturated rings. The molecule has 1 rings (SSSR count). The van der Waals surface area contributed by atoms with Crippen LogP contribution >= 0.6 is 0 Å². The fourth-order valence-electron chi connectivity index (χ4n) is 0.599. The predicted octanol–water partition coefficient (Wildman–Crippen LogP) is 0.0665. The van der Waals surface area contributed by atoms with Crippen LogP contribution in [0.25, 0.3) is 0 Å². The van der Waals surface area contributed by atoms with Crippen molar-refractivity contribution in [1.29, 1.82) is 5.26 Å². The van der Waals surface area contributed by atoms with Crippen molar-refractivity contribution in [3.05, 3.63) is 18.1 Å². The molecule has 0 bridgehead atoms. The van der Waals surface area contributed by atoms with Gasteiger partial charge in [0, 0.05) is 19.3 Å². The minimum Gasteiger partial charge on any atom is -0.391 e. The third-order valence-electron chi connectivity index (χ3n) is 1.13. The summed E-state index contributed by atoms with van der Waals surface area (Å²) in [6.07, 6.45) is 0.701. The van der Waals surface area contributed by atoms with Crippen LogP contribution in [-0.4, -0.2) is 23.1 Å². The molecule has 0 aromatic carbocycles. The van der Waals surface area contributed by atoms with E-state index in [0.717, 1.165) is 0 Å². The summed E-state index contributed by atoms with van der Waals surface area (Å²) in [7, 11) is 1.43. The van der Waals surface area contributed by atoms with E-state index in [2.05, 4.69) is 20.0 Å². The largest absolute Gasteiger partial charge is 0.413 e. The number of carbonyl (C=O) groups excluding carboxylic acids is 1. The summed E-state index contributed by atoms with van der Waals surface area (Å²) in [5.41, 5.74) is 0. The Morgan fingerprint density at radius 3 is 3.15 bits per heavy atom. The maximum Gasteiger partial charge on any atom is 0.413 e. The Hall–Kier alpha value is -2.16. The van der Waals surface area contributed by atoms with Gasteiger partial charge in [0.2, 0.25) is 11.7 Å². The number of aromatic nitrogens is 2. The third-order valence-corrected chi connectivity index (χ3v) is 1.13. The molecular weight excluding hydrogens is 172 g/mol. The molecule has 66 valence electrons. The molecular formula is C7H6N4O2. The summed E-state index contributed by atoms with van der Waals surface area (Å²) in [6, 6.07) is 3.11. The van der Waals surface area contributed by atoms with E-state index in [-0.39, 0.29) is 11.7 Å². The van der Waals surface area contributed by atoms with Crippen molar-refractivity contribution < 1.29 is 9.53 Å². The number of carbonyl (C=O) groups is 1. The smallest absolute Gasteiger partial charge is 0.391 e. The van der Waals surface area contributed by atoms with E-state index in [0.29, 0.717) is 0 Å². The zero-order valence-electron chi connectivity index (χ0n) is 6.81. The molecule has 0 radical (unpaired) electrons. The van der Waals surface area contributed by atoms with E-state index in [9.17, 15) is 4.79 Å². The van der Waals surface area contributed by atoms with Crippen LogP contribution < -0.4 is 10.1 Å². The molecule has 1 aromatic rings. The fraction of sp³-hybridized carbons (Fsp3) is 0.143. The molecule has 1 amide bonds. The Morgan fingerprint density at radius 2 is 2.54 bits per heavy atom. The second-order valence-electron chi connectivity index (χ2n) is 1.97. The van der Waals surface area contributed by atoms with Crippen molar-refractivity contribution in [1.82, 2.24) is 15.3 Å². The molecule has 13 heavy (non-hydrogen) atoms. The van der Waals surface area contributed by atoms with Crippen molar-refractivity contribution in [3.63, 3.8) is 0 Å². The molecule has 0 spiro atoms. The maximum atomic E-state index is 10.7. The normalized spacial score (nSPS) is 8.62. The Kier molecular flexibility index (Phi) is 2.76. The number of hydrogen-bond donors (Lipinski definition) is 1. The second-order valence-corrected chi connectivity index (χ2v) is 1.97. The molecule has 0 unspecified atom stereocenters. The summed E-state index contributed by atoms with van der Waals surface area (Å²) in [4.78, 5) is 17.9. The third kappa shape index (κ3) is 2.41. The molecule has 1 N–H and O–H groups in total. The lowest BCUT2D eigenvalue weighted by molar-refractivity contribution is 0.201. The van der Waals surface area contributed by atoms with Gasteiger partial charge in [-0.25, -0.2) is 9.78 Å². The minimum absolute atomic E-state index is 0.0404. The summed E-state index contributed by atoms with van der Waals surface area (Å²) < 4.78 is 4.65. The van der Waals surface area contributed by atoms with Gasteiger partial charge in [0.1, 0.15) is 6.07 Å². The predicted molar refractivity (Wildman–Crippen MR) is 41.8 cm³/mol. The van der Waals surface area contributed by atoms with Gasteiger partial charge in [-0.15, -0.1) is 0 Å². The zero-order chi connectivity index (χ0) is 9.68. The van der Waals surface area contributed by atoms with Crippen molar-refractivity contribution in [2.45, 2.75) is 0 Å². The summed E-state index contributed by atoms with van der Waals surface area (Å²) in [5.74, 6) is 0.00676. The molecule has 0 atom stereocenters. The van der Waals surface area contributed by atoms with Crippen LogP contribution in [0.1, 0.15) is 5.82 Å². The first-order chi connectivity index (χ1) is 6.26. The molecule has 1 aromatic heterocycles. The average Bonchev–Trinajstić information content (AvgIpc) is 2.18. The number of nitrogens with one attached hydrogen (secondary N) is 1. The Balaban J connectivity index is 2.79.